The van der Waals surface area contributed by atoms with Crippen molar-refractivity contribution in [1.82, 2.24) is 9.62 Å². The van der Waals surface area contributed by atoms with Gasteiger partial charge in [0.1, 0.15) is 6.04 Å². The van der Waals surface area contributed by atoms with Crippen LogP contribution in [0.1, 0.15) is 12.0 Å². The lowest BCUT2D eigenvalue weighted by Crippen LogP contribution is -2.55. The molecule has 1 aliphatic heterocycles. The summed E-state index contributed by atoms with van der Waals surface area (Å²) >= 11 is 1.56. The Morgan fingerprint density at radius 2 is 1.70 bits per heavy atom. The first-order valence-electron chi connectivity index (χ1n) is 10.6. The molecule has 0 saturated carbocycles. The number of nitrogens with zero attached hydrogens (tertiary/aromatic N) is 3. The number of amides is 1. The van der Waals surface area contributed by atoms with Crippen molar-refractivity contribution in [3.05, 3.63) is 64.2 Å². The van der Waals surface area contributed by atoms with Crippen LogP contribution in [0.25, 0.3) is 0 Å². The van der Waals surface area contributed by atoms with Gasteiger partial charge in [0, 0.05) is 44.0 Å². The summed E-state index contributed by atoms with van der Waals surface area (Å²) in [6.45, 7) is 3.88. The SMILES string of the molecule is CSCCC(NS(=O)(=O)c1ccc(C)cc1)C(=O)N1CCN(c2ccc([N+](=O)[O-])cc2)CC1. The molecule has 2 aromatic rings. The second kappa shape index (κ2) is 11.0. The molecule has 1 N–H and O–H groups in total. The van der Waals surface area contributed by atoms with Gasteiger partial charge in [-0.05, 0) is 49.6 Å². The Kier molecular flexibility index (Phi) is 8.33. The van der Waals surface area contributed by atoms with Crippen LogP contribution in [0.15, 0.2) is 53.4 Å². The molecule has 9 nitrogen and oxygen atoms in total. The largest absolute Gasteiger partial charge is 0.368 e. The average molecular weight is 493 g/mol. The fourth-order valence-corrected chi connectivity index (χ4v) is 5.33. The van der Waals surface area contributed by atoms with Gasteiger partial charge in [0.15, 0.2) is 0 Å². The summed E-state index contributed by atoms with van der Waals surface area (Å²) in [6, 6.07) is 12.0. The van der Waals surface area contributed by atoms with E-state index in [1.54, 1.807) is 40.9 Å². The third-order valence-corrected chi connectivity index (χ3v) is 7.69. The molecule has 178 valence electrons. The minimum atomic E-state index is -3.83. The van der Waals surface area contributed by atoms with E-state index in [-0.39, 0.29) is 16.5 Å². The second-order valence-electron chi connectivity index (χ2n) is 7.85. The number of carbonyl (C=O) groups excluding carboxylic acids is 1. The van der Waals surface area contributed by atoms with E-state index in [0.717, 1.165) is 11.3 Å². The summed E-state index contributed by atoms with van der Waals surface area (Å²) in [5, 5.41) is 10.8. The molecular formula is C22H28N4O5S2. The van der Waals surface area contributed by atoms with Crippen molar-refractivity contribution < 1.29 is 18.1 Å². The molecule has 1 fully saturated rings. The number of rotatable bonds is 9. The zero-order chi connectivity index (χ0) is 24.0. The van der Waals surface area contributed by atoms with Crippen LogP contribution in [-0.4, -0.2) is 68.4 Å². The van der Waals surface area contributed by atoms with Crippen LogP contribution in [0, 0.1) is 17.0 Å². The highest BCUT2D eigenvalue weighted by Crippen LogP contribution is 2.21. The van der Waals surface area contributed by atoms with Crippen molar-refractivity contribution in [3.8, 4) is 0 Å². The molecule has 0 bridgehead atoms. The smallest absolute Gasteiger partial charge is 0.269 e. The maximum absolute atomic E-state index is 13.2. The molecule has 1 unspecified atom stereocenters. The molecule has 0 radical (unpaired) electrons. The summed E-state index contributed by atoms with van der Waals surface area (Å²) < 4.78 is 28.4. The zero-order valence-corrected chi connectivity index (χ0v) is 20.3. The van der Waals surface area contributed by atoms with Gasteiger partial charge >= 0.3 is 0 Å². The minimum absolute atomic E-state index is 0.0325. The Morgan fingerprint density at radius 3 is 2.24 bits per heavy atom. The van der Waals surface area contributed by atoms with Gasteiger partial charge in [-0.2, -0.15) is 16.5 Å². The second-order valence-corrected chi connectivity index (χ2v) is 10.6. The molecule has 3 rings (SSSR count). The number of nitro groups is 1. The predicted molar refractivity (Wildman–Crippen MR) is 130 cm³/mol. The number of nitrogens with one attached hydrogen (secondary N) is 1. The van der Waals surface area contributed by atoms with Crippen LogP contribution >= 0.6 is 11.8 Å². The van der Waals surface area contributed by atoms with Crippen LogP contribution in [0.5, 0.6) is 0 Å². The fourth-order valence-electron chi connectivity index (χ4n) is 3.63. The molecule has 1 aliphatic rings. The Morgan fingerprint density at radius 1 is 1.09 bits per heavy atom. The van der Waals surface area contributed by atoms with E-state index >= 15 is 0 Å². The lowest BCUT2D eigenvalue weighted by atomic mass is 10.1. The Bertz CT molecular complexity index is 1070. The Hall–Kier alpha value is -2.63. The molecule has 1 amide bonds. The number of non-ortho nitro benzene ring substituents is 1. The van der Waals surface area contributed by atoms with Crippen LogP contribution < -0.4 is 9.62 Å². The first-order chi connectivity index (χ1) is 15.7. The number of piperazine rings is 1. The van der Waals surface area contributed by atoms with Crippen LogP contribution in [-0.2, 0) is 14.8 Å². The third-order valence-electron chi connectivity index (χ3n) is 5.55. The number of aryl methyl sites for hydroxylation is 1. The van der Waals surface area contributed by atoms with Gasteiger partial charge < -0.3 is 9.80 Å². The predicted octanol–water partition coefficient (Wildman–Crippen LogP) is 2.65. The molecule has 33 heavy (non-hydrogen) atoms. The standard InChI is InChI=1S/C22H28N4O5S2/c1-17-3-9-20(10-4-17)33(30,31)23-21(11-16-32-2)22(27)25-14-12-24(13-15-25)18-5-7-19(8-6-18)26(28)29/h3-10,21,23H,11-16H2,1-2H3. The number of benzene rings is 2. The molecule has 1 heterocycles. The van der Waals surface area contributed by atoms with E-state index in [9.17, 15) is 23.3 Å². The van der Waals surface area contributed by atoms with Gasteiger partial charge in [-0.3, -0.25) is 14.9 Å². The minimum Gasteiger partial charge on any atom is -0.368 e. The Labute approximate surface area is 198 Å². The molecular weight excluding hydrogens is 464 g/mol. The number of hydrogen-bond acceptors (Lipinski definition) is 7. The number of thioether (sulfide) groups is 1. The maximum atomic E-state index is 13.2. The summed E-state index contributed by atoms with van der Waals surface area (Å²) in [4.78, 5) is 27.5. The highest BCUT2D eigenvalue weighted by atomic mass is 32.2. The fraction of sp³-hybridized carbons (Fsp3) is 0.409. The maximum Gasteiger partial charge on any atom is 0.269 e. The quantitative estimate of drug-likeness (QED) is 0.423. The van der Waals surface area contributed by atoms with Crippen molar-refractivity contribution in [2.45, 2.75) is 24.3 Å². The van der Waals surface area contributed by atoms with Crippen LogP contribution in [0.2, 0.25) is 0 Å². The van der Waals surface area contributed by atoms with Gasteiger partial charge in [-0.25, -0.2) is 8.42 Å². The first-order valence-corrected chi connectivity index (χ1v) is 13.4. The van der Waals surface area contributed by atoms with E-state index in [0.29, 0.717) is 38.4 Å². The number of anilines is 1. The highest BCUT2D eigenvalue weighted by molar-refractivity contribution is 7.98. The van der Waals surface area contributed by atoms with Crippen molar-refractivity contribution in [3.63, 3.8) is 0 Å². The Balaban J connectivity index is 1.66. The van der Waals surface area contributed by atoms with Crippen molar-refractivity contribution in [2.75, 3.05) is 43.1 Å². The van der Waals surface area contributed by atoms with E-state index in [2.05, 4.69) is 9.62 Å². The topological polar surface area (TPSA) is 113 Å². The normalized spacial score (nSPS) is 15.3. The number of hydrogen-bond donors (Lipinski definition) is 1. The molecule has 1 saturated heterocycles. The average Bonchev–Trinajstić information content (AvgIpc) is 2.81. The van der Waals surface area contributed by atoms with Gasteiger partial charge in [0.05, 0.1) is 9.82 Å². The lowest BCUT2D eigenvalue weighted by Gasteiger charge is -2.37. The van der Waals surface area contributed by atoms with Crippen molar-refractivity contribution >= 4 is 39.1 Å². The summed E-state index contributed by atoms with van der Waals surface area (Å²) in [5.41, 5.74) is 1.84. The van der Waals surface area contributed by atoms with Crippen LogP contribution in [0.4, 0.5) is 11.4 Å². The highest BCUT2D eigenvalue weighted by Gasteiger charge is 2.31. The monoisotopic (exact) mass is 492 g/mol. The molecule has 0 spiro atoms. The van der Waals surface area contributed by atoms with E-state index in [1.165, 1.54) is 24.3 Å². The number of nitro benzene ring substituents is 1. The van der Waals surface area contributed by atoms with E-state index in [1.807, 2.05) is 13.2 Å². The summed E-state index contributed by atoms with van der Waals surface area (Å²) in [6.07, 6.45) is 2.31. The number of sulfonamides is 1. The van der Waals surface area contributed by atoms with E-state index < -0.39 is 21.0 Å². The van der Waals surface area contributed by atoms with Gasteiger partial charge in [0.25, 0.3) is 5.69 Å². The van der Waals surface area contributed by atoms with Crippen molar-refractivity contribution in [2.24, 2.45) is 0 Å². The zero-order valence-electron chi connectivity index (χ0n) is 18.6. The van der Waals surface area contributed by atoms with E-state index in [4.69, 9.17) is 0 Å². The number of carbonyl (C=O) groups is 1. The van der Waals surface area contributed by atoms with Crippen molar-refractivity contribution in [1.29, 1.82) is 0 Å². The summed E-state index contributed by atoms with van der Waals surface area (Å²) in [7, 11) is -3.83. The summed E-state index contributed by atoms with van der Waals surface area (Å²) in [5.74, 6) is 0.415. The molecule has 11 heteroatoms. The van der Waals surface area contributed by atoms with Gasteiger partial charge in [-0.1, -0.05) is 17.7 Å². The molecule has 1 atom stereocenters. The van der Waals surface area contributed by atoms with Gasteiger partial charge in [-0.15, -0.1) is 0 Å². The lowest BCUT2D eigenvalue weighted by molar-refractivity contribution is -0.384. The molecule has 0 aliphatic carbocycles. The first kappa shape index (κ1) is 25.0. The van der Waals surface area contributed by atoms with Gasteiger partial charge in [0.2, 0.25) is 15.9 Å². The third kappa shape index (κ3) is 6.46. The molecule has 0 aromatic heterocycles. The molecule has 2 aromatic carbocycles. The van der Waals surface area contributed by atoms with Crippen LogP contribution in [0.3, 0.4) is 0 Å².